The van der Waals surface area contributed by atoms with Gasteiger partial charge in [-0.15, -0.1) is 0 Å². The second kappa shape index (κ2) is 3.99. The van der Waals surface area contributed by atoms with E-state index in [2.05, 4.69) is 51.2 Å². The second-order valence-corrected chi connectivity index (χ2v) is 6.43. The van der Waals surface area contributed by atoms with E-state index in [0.717, 1.165) is 6.61 Å². The molecule has 0 amide bonds. The molecule has 2 aliphatic rings. The lowest BCUT2D eigenvalue weighted by atomic mass is 9.57. The Labute approximate surface area is 110 Å². The number of rotatable bonds is 2. The van der Waals surface area contributed by atoms with Crippen LogP contribution in [0.5, 0.6) is 0 Å². The molecule has 1 aromatic rings. The molecule has 2 nitrogen and oxygen atoms in total. The summed E-state index contributed by atoms with van der Waals surface area (Å²) in [6.07, 6.45) is 1.66. The van der Waals surface area contributed by atoms with E-state index >= 15 is 0 Å². The molecule has 3 atom stereocenters. The van der Waals surface area contributed by atoms with Gasteiger partial charge in [0, 0.05) is 29.7 Å². The van der Waals surface area contributed by atoms with Crippen LogP contribution in [0.1, 0.15) is 31.4 Å². The van der Waals surface area contributed by atoms with Gasteiger partial charge in [-0.2, -0.15) is 0 Å². The Bertz CT molecular complexity index is 466. The van der Waals surface area contributed by atoms with Gasteiger partial charge in [0.05, 0.1) is 6.10 Å². The van der Waals surface area contributed by atoms with Gasteiger partial charge < -0.3 is 10.1 Å². The zero-order chi connectivity index (χ0) is 12.9. The molecule has 1 heterocycles. The summed E-state index contributed by atoms with van der Waals surface area (Å²) in [6.45, 7) is 9.95. The van der Waals surface area contributed by atoms with Gasteiger partial charge >= 0.3 is 0 Å². The van der Waals surface area contributed by atoms with E-state index < -0.39 is 0 Å². The lowest BCUT2D eigenvalue weighted by molar-refractivity contribution is -0.0923. The van der Waals surface area contributed by atoms with Gasteiger partial charge in [-0.3, -0.25) is 0 Å². The maximum Gasteiger partial charge on any atom is 0.0694 e. The average Bonchev–Trinajstić information content (AvgIpc) is 2.77. The first-order valence-electron chi connectivity index (χ1n) is 6.96. The highest BCUT2D eigenvalue weighted by atomic mass is 16.5. The van der Waals surface area contributed by atoms with Crippen molar-refractivity contribution in [1.82, 2.24) is 0 Å². The van der Waals surface area contributed by atoms with Crippen molar-refractivity contribution in [1.29, 1.82) is 0 Å². The molecule has 3 unspecified atom stereocenters. The standard InChI is InChI=1S/C16H23NO/c1-10-6-5-7-13(11(10)2)17-14-12-8-9-18-15(12)16(14,3)4/h5-7,12,14-15,17H,8-9H2,1-4H3. The summed E-state index contributed by atoms with van der Waals surface area (Å²) < 4.78 is 5.85. The van der Waals surface area contributed by atoms with Crippen LogP contribution in [0.15, 0.2) is 18.2 Å². The van der Waals surface area contributed by atoms with Crippen LogP contribution >= 0.6 is 0 Å². The summed E-state index contributed by atoms with van der Waals surface area (Å²) in [5.41, 5.74) is 4.27. The Morgan fingerprint density at radius 1 is 1.28 bits per heavy atom. The van der Waals surface area contributed by atoms with Crippen LogP contribution in [0, 0.1) is 25.2 Å². The summed E-state index contributed by atoms with van der Waals surface area (Å²) in [7, 11) is 0. The molecule has 1 N–H and O–H groups in total. The minimum atomic E-state index is 0.247. The van der Waals surface area contributed by atoms with Crippen molar-refractivity contribution in [3.05, 3.63) is 29.3 Å². The molecule has 1 aromatic carbocycles. The minimum absolute atomic E-state index is 0.247. The zero-order valence-corrected chi connectivity index (χ0v) is 11.8. The molecule has 0 aromatic heterocycles. The van der Waals surface area contributed by atoms with Crippen LogP contribution in [0.3, 0.4) is 0 Å². The van der Waals surface area contributed by atoms with Crippen LogP contribution in [-0.2, 0) is 4.74 Å². The molecule has 1 saturated carbocycles. The highest BCUT2D eigenvalue weighted by Crippen LogP contribution is 2.53. The Kier molecular flexibility index (Phi) is 2.67. The summed E-state index contributed by atoms with van der Waals surface area (Å²) in [5, 5.41) is 3.77. The van der Waals surface area contributed by atoms with E-state index in [9.17, 15) is 0 Å². The largest absolute Gasteiger partial charge is 0.381 e. The molecule has 98 valence electrons. The normalized spacial score (nSPS) is 32.8. The molecular formula is C16H23NO. The summed E-state index contributed by atoms with van der Waals surface area (Å²) in [4.78, 5) is 0. The molecule has 1 aliphatic carbocycles. The molecule has 2 fully saturated rings. The first kappa shape index (κ1) is 12.0. The number of anilines is 1. The van der Waals surface area contributed by atoms with Crippen molar-refractivity contribution in [3.63, 3.8) is 0 Å². The number of benzene rings is 1. The zero-order valence-electron chi connectivity index (χ0n) is 11.8. The lowest BCUT2D eigenvalue weighted by Gasteiger charge is -2.55. The van der Waals surface area contributed by atoms with E-state index in [4.69, 9.17) is 4.74 Å². The summed E-state index contributed by atoms with van der Waals surface area (Å²) in [6, 6.07) is 7.06. The number of nitrogens with one attached hydrogen (secondary N) is 1. The SMILES string of the molecule is Cc1cccc(NC2C3CCOC3C2(C)C)c1C. The molecule has 1 aliphatic heterocycles. The van der Waals surface area contributed by atoms with Gasteiger partial charge in [-0.05, 0) is 37.5 Å². The fourth-order valence-electron chi connectivity index (χ4n) is 3.69. The van der Waals surface area contributed by atoms with Crippen LogP contribution in [0.25, 0.3) is 0 Å². The van der Waals surface area contributed by atoms with Crippen molar-refractivity contribution < 1.29 is 4.74 Å². The third-order valence-electron chi connectivity index (χ3n) is 5.02. The van der Waals surface area contributed by atoms with Crippen molar-refractivity contribution in [2.45, 2.75) is 46.3 Å². The van der Waals surface area contributed by atoms with Crippen LogP contribution in [0.2, 0.25) is 0 Å². The number of hydrogen-bond acceptors (Lipinski definition) is 2. The van der Waals surface area contributed by atoms with Gasteiger partial charge in [0.15, 0.2) is 0 Å². The second-order valence-electron chi connectivity index (χ2n) is 6.43. The fourth-order valence-corrected chi connectivity index (χ4v) is 3.69. The van der Waals surface area contributed by atoms with Gasteiger partial charge in [-0.25, -0.2) is 0 Å². The van der Waals surface area contributed by atoms with E-state index in [1.54, 1.807) is 0 Å². The number of aryl methyl sites for hydroxylation is 1. The van der Waals surface area contributed by atoms with Crippen molar-refractivity contribution in [3.8, 4) is 0 Å². The van der Waals surface area contributed by atoms with E-state index in [-0.39, 0.29) is 5.41 Å². The van der Waals surface area contributed by atoms with Crippen LogP contribution < -0.4 is 5.32 Å². The Balaban J connectivity index is 1.83. The molecule has 0 spiro atoms. The fraction of sp³-hybridized carbons (Fsp3) is 0.625. The molecule has 2 heteroatoms. The minimum Gasteiger partial charge on any atom is -0.381 e. The quantitative estimate of drug-likeness (QED) is 0.860. The predicted molar refractivity (Wildman–Crippen MR) is 75.0 cm³/mol. The van der Waals surface area contributed by atoms with E-state index in [0.29, 0.717) is 18.1 Å². The maximum absolute atomic E-state index is 5.85. The Morgan fingerprint density at radius 3 is 2.83 bits per heavy atom. The van der Waals surface area contributed by atoms with Crippen LogP contribution in [-0.4, -0.2) is 18.8 Å². The molecule has 0 radical (unpaired) electrons. The lowest BCUT2D eigenvalue weighted by Crippen LogP contribution is -2.63. The first-order chi connectivity index (χ1) is 8.51. The summed E-state index contributed by atoms with van der Waals surface area (Å²) in [5.74, 6) is 0.694. The van der Waals surface area contributed by atoms with Gasteiger partial charge in [0.25, 0.3) is 0 Å². The highest BCUT2D eigenvalue weighted by molar-refractivity contribution is 5.55. The smallest absolute Gasteiger partial charge is 0.0694 e. The van der Waals surface area contributed by atoms with Crippen molar-refractivity contribution >= 4 is 5.69 Å². The molecule has 18 heavy (non-hydrogen) atoms. The number of hydrogen-bond donors (Lipinski definition) is 1. The van der Waals surface area contributed by atoms with Crippen molar-refractivity contribution in [2.75, 3.05) is 11.9 Å². The Hall–Kier alpha value is -1.02. The predicted octanol–water partition coefficient (Wildman–Crippen LogP) is 3.53. The van der Waals surface area contributed by atoms with E-state index in [1.165, 1.54) is 23.2 Å². The van der Waals surface area contributed by atoms with Gasteiger partial charge in [-0.1, -0.05) is 26.0 Å². The molecule has 3 rings (SSSR count). The van der Waals surface area contributed by atoms with E-state index in [1.807, 2.05) is 0 Å². The van der Waals surface area contributed by atoms with Crippen LogP contribution in [0.4, 0.5) is 5.69 Å². The first-order valence-corrected chi connectivity index (χ1v) is 6.96. The molecular weight excluding hydrogens is 222 g/mol. The number of fused-ring (bicyclic) bond motifs is 1. The van der Waals surface area contributed by atoms with Crippen molar-refractivity contribution in [2.24, 2.45) is 11.3 Å². The van der Waals surface area contributed by atoms with Gasteiger partial charge in [0.2, 0.25) is 0 Å². The summed E-state index contributed by atoms with van der Waals surface area (Å²) >= 11 is 0. The monoisotopic (exact) mass is 245 g/mol. The number of ether oxygens (including phenoxy) is 1. The third-order valence-corrected chi connectivity index (χ3v) is 5.02. The van der Waals surface area contributed by atoms with Gasteiger partial charge in [0.1, 0.15) is 0 Å². The maximum atomic E-state index is 5.85. The third kappa shape index (κ3) is 1.58. The Morgan fingerprint density at radius 2 is 2.06 bits per heavy atom. The highest BCUT2D eigenvalue weighted by Gasteiger charge is 2.59. The molecule has 0 bridgehead atoms. The molecule has 1 saturated heterocycles. The average molecular weight is 245 g/mol. The topological polar surface area (TPSA) is 21.3 Å².